The summed E-state index contributed by atoms with van der Waals surface area (Å²) < 4.78 is 11.3. The molecule has 1 unspecified atom stereocenters. The molecule has 5 nitrogen and oxygen atoms in total. The van der Waals surface area contributed by atoms with Gasteiger partial charge in [-0.3, -0.25) is 4.99 Å². The fraction of sp³-hybridized carbons (Fsp3) is 0.682. The molecule has 2 fully saturated rings. The summed E-state index contributed by atoms with van der Waals surface area (Å²) >= 11 is 6.59. The van der Waals surface area contributed by atoms with E-state index < -0.39 is 0 Å². The van der Waals surface area contributed by atoms with Crippen LogP contribution in [0.3, 0.4) is 0 Å². The molecule has 1 N–H and O–H groups in total. The Bertz CT molecular complexity index is 646. The van der Waals surface area contributed by atoms with Gasteiger partial charge in [0.1, 0.15) is 0 Å². The fourth-order valence-corrected chi connectivity index (χ4v) is 4.60. The van der Waals surface area contributed by atoms with Crippen molar-refractivity contribution in [3.05, 3.63) is 34.9 Å². The van der Waals surface area contributed by atoms with Gasteiger partial charge in [0.05, 0.1) is 13.2 Å². The molecule has 0 amide bonds. The van der Waals surface area contributed by atoms with E-state index in [1.165, 1.54) is 5.56 Å². The standard InChI is InChI=1S/C22H34ClN3O2/c1-3-24-21(26-12-9-18(15-26)16-27-4-2)25-17-22(10-13-28-14-11-22)19-7-5-6-8-20(19)23/h5-8,18H,3-4,9-17H2,1-2H3,(H,24,25). The number of hydrogen-bond acceptors (Lipinski definition) is 3. The van der Waals surface area contributed by atoms with Gasteiger partial charge in [0.2, 0.25) is 0 Å². The van der Waals surface area contributed by atoms with E-state index >= 15 is 0 Å². The minimum absolute atomic E-state index is 0.0539. The molecule has 1 aromatic rings. The minimum atomic E-state index is -0.0539. The van der Waals surface area contributed by atoms with Crippen molar-refractivity contribution in [2.75, 3.05) is 52.6 Å². The third kappa shape index (κ3) is 5.19. The molecule has 2 heterocycles. The lowest BCUT2D eigenvalue weighted by Gasteiger charge is -2.37. The summed E-state index contributed by atoms with van der Waals surface area (Å²) in [7, 11) is 0. The van der Waals surface area contributed by atoms with Gasteiger partial charge in [-0.15, -0.1) is 0 Å². The first-order valence-corrected chi connectivity index (χ1v) is 11.0. The second kappa shape index (κ2) is 10.5. The van der Waals surface area contributed by atoms with Crippen LogP contribution in [0.1, 0.15) is 38.7 Å². The predicted octanol–water partition coefficient (Wildman–Crippen LogP) is 3.71. The number of hydrogen-bond donors (Lipinski definition) is 1. The van der Waals surface area contributed by atoms with E-state index in [-0.39, 0.29) is 5.41 Å². The first-order chi connectivity index (χ1) is 13.7. The number of rotatable bonds is 7. The van der Waals surface area contributed by atoms with Crippen molar-refractivity contribution in [2.24, 2.45) is 10.9 Å². The largest absolute Gasteiger partial charge is 0.381 e. The van der Waals surface area contributed by atoms with Gasteiger partial charge in [-0.2, -0.15) is 0 Å². The Morgan fingerprint density at radius 2 is 2.11 bits per heavy atom. The van der Waals surface area contributed by atoms with Gasteiger partial charge in [0, 0.05) is 55.8 Å². The Kier molecular flexibility index (Phi) is 8.00. The number of nitrogens with one attached hydrogen (secondary N) is 1. The van der Waals surface area contributed by atoms with Crippen molar-refractivity contribution in [1.82, 2.24) is 10.2 Å². The number of aliphatic imine (C=N–C) groups is 1. The van der Waals surface area contributed by atoms with E-state index in [4.69, 9.17) is 26.1 Å². The Labute approximate surface area is 174 Å². The Morgan fingerprint density at radius 3 is 2.82 bits per heavy atom. The summed E-state index contributed by atoms with van der Waals surface area (Å²) in [6, 6.07) is 8.22. The topological polar surface area (TPSA) is 46.1 Å². The number of likely N-dealkylation sites (tertiary alicyclic amines) is 1. The van der Waals surface area contributed by atoms with Crippen LogP contribution in [0.2, 0.25) is 5.02 Å². The van der Waals surface area contributed by atoms with Crippen LogP contribution in [0.5, 0.6) is 0 Å². The van der Waals surface area contributed by atoms with Gasteiger partial charge >= 0.3 is 0 Å². The second-order valence-electron chi connectivity index (χ2n) is 7.80. The van der Waals surface area contributed by atoms with Crippen LogP contribution < -0.4 is 5.32 Å². The third-order valence-electron chi connectivity index (χ3n) is 5.90. The molecule has 1 aromatic carbocycles. The first kappa shape index (κ1) is 21.4. The summed E-state index contributed by atoms with van der Waals surface area (Å²) in [6.45, 7) is 11.0. The van der Waals surface area contributed by atoms with Gasteiger partial charge in [0.25, 0.3) is 0 Å². The van der Waals surface area contributed by atoms with E-state index in [2.05, 4.69) is 36.2 Å². The Morgan fingerprint density at radius 1 is 1.32 bits per heavy atom. The molecule has 28 heavy (non-hydrogen) atoms. The van der Waals surface area contributed by atoms with E-state index in [0.29, 0.717) is 5.92 Å². The maximum atomic E-state index is 6.59. The molecule has 2 aliphatic rings. The number of ether oxygens (including phenoxy) is 2. The van der Waals surface area contributed by atoms with Crippen molar-refractivity contribution in [3.8, 4) is 0 Å². The highest BCUT2D eigenvalue weighted by atomic mass is 35.5. The number of benzene rings is 1. The SMILES string of the molecule is CCNC(=NCC1(c2ccccc2Cl)CCOCC1)N1CCC(COCC)C1. The zero-order valence-electron chi connectivity index (χ0n) is 17.3. The number of guanidine groups is 1. The lowest BCUT2D eigenvalue weighted by atomic mass is 9.74. The van der Waals surface area contributed by atoms with E-state index in [1.54, 1.807) is 0 Å². The maximum Gasteiger partial charge on any atom is 0.193 e. The number of halogens is 1. The first-order valence-electron chi connectivity index (χ1n) is 10.6. The van der Waals surface area contributed by atoms with Crippen molar-refractivity contribution in [1.29, 1.82) is 0 Å². The van der Waals surface area contributed by atoms with E-state index in [9.17, 15) is 0 Å². The molecule has 156 valence electrons. The van der Waals surface area contributed by atoms with Crippen molar-refractivity contribution in [2.45, 2.75) is 38.5 Å². The van der Waals surface area contributed by atoms with Crippen LogP contribution in [-0.2, 0) is 14.9 Å². The predicted molar refractivity (Wildman–Crippen MR) is 115 cm³/mol. The molecule has 0 spiro atoms. The van der Waals surface area contributed by atoms with Crippen molar-refractivity contribution in [3.63, 3.8) is 0 Å². The fourth-order valence-electron chi connectivity index (χ4n) is 4.26. The zero-order valence-corrected chi connectivity index (χ0v) is 18.0. The summed E-state index contributed by atoms with van der Waals surface area (Å²) in [5, 5.41) is 4.33. The van der Waals surface area contributed by atoms with Gasteiger partial charge < -0.3 is 19.7 Å². The summed E-state index contributed by atoms with van der Waals surface area (Å²) in [6.07, 6.45) is 3.06. The van der Waals surface area contributed by atoms with Crippen LogP contribution >= 0.6 is 11.6 Å². The Balaban J connectivity index is 1.77. The lowest BCUT2D eigenvalue weighted by molar-refractivity contribution is 0.0530. The highest BCUT2D eigenvalue weighted by Crippen LogP contribution is 2.39. The highest BCUT2D eigenvalue weighted by molar-refractivity contribution is 6.31. The van der Waals surface area contributed by atoms with Crippen LogP contribution in [0, 0.1) is 5.92 Å². The molecular formula is C22H34ClN3O2. The molecule has 3 rings (SSSR count). The van der Waals surface area contributed by atoms with Crippen LogP contribution in [0.15, 0.2) is 29.3 Å². The van der Waals surface area contributed by atoms with Crippen molar-refractivity contribution < 1.29 is 9.47 Å². The molecule has 0 aromatic heterocycles. The molecule has 0 aliphatic carbocycles. The molecular weight excluding hydrogens is 374 g/mol. The average Bonchev–Trinajstić information content (AvgIpc) is 3.19. The van der Waals surface area contributed by atoms with Gasteiger partial charge in [-0.05, 0) is 44.7 Å². The van der Waals surface area contributed by atoms with Gasteiger partial charge in [-0.1, -0.05) is 29.8 Å². The molecule has 0 radical (unpaired) electrons. The summed E-state index contributed by atoms with van der Waals surface area (Å²) in [4.78, 5) is 7.48. The second-order valence-corrected chi connectivity index (χ2v) is 8.21. The summed E-state index contributed by atoms with van der Waals surface area (Å²) in [5.74, 6) is 1.60. The molecule has 6 heteroatoms. The number of nitrogens with zero attached hydrogens (tertiary/aromatic N) is 2. The lowest BCUT2D eigenvalue weighted by Crippen LogP contribution is -2.43. The normalized spacial score (nSPS) is 22.5. The zero-order chi connectivity index (χ0) is 19.8. The van der Waals surface area contributed by atoms with Gasteiger partial charge in [0.15, 0.2) is 5.96 Å². The molecule has 0 bridgehead atoms. The van der Waals surface area contributed by atoms with E-state index in [0.717, 1.165) is 82.9 Å². The van der Waals surface area contributed by atoms with Crippen LogP contribution in [0.25, 0.3) is 0 Å². The Hall–Kier alpha value is -1.30. The average molecular weight is 408 g/mol. The molecule has 2 aliphatic heterocycles. The quantitative estimate of drug-likeness (QED) is 0.552. The summed E-state index contributed by atoms with van der Waals surface area (Å²) in [5.41, 5.74) is 1.15. The third-order valence-corrected chi connectivity index (χ3v) is 6.23. The van der Waals surface area contributed by atoms with Crippen LogP contribution in [-0.4, -0.2) is 63.5 Å². The smallest absolute Gasteiger partial charge is 0.193 e. The van der Waals surface area contributed by atoms with Gasteiger partial charge in [-0.25, -0.2) is 0 Å². The molecule has 2 saturated heterocycles. The molecule has 1 atom stereocenters. The molecule has 0 saturated carbocycles. The highest BCUT2D eigenvalue weighted by Gasteiger charge is 2.36. The van der Waals surface area contributed by atoms with Crippen molar-refractivity contribution >= 4 is 17.6 Å². The maximum absolute atomic E-state index is 6.59. The van der Waals surface area contributed by atoms with Crippen LogP contribution in [0.4, 0.5) is 0 Å². The minimum Gasteiger partial charge on any atom is -0.381 e. The monoisotopic (exact) mass is 407 g/mol. The van der Waals surface area contributed by atoms with E-state index in [1.807, 2.05) is 12.1 Å².